The molecule has 1 aromatic carbocycles. The highest BCUT2D eigenvalue weighted by Crippen LogP contribution is 2.55. The predicted octanol–water partition coefficient (Wildman–Crippen LogP) is 4.78. The van der Waals surface area contributed by atoms with E-state index in [1.165, 1.54) is 12.1 Å². The van der Waals surface area contributed by atoms with Crippen LogP contribution in [0.2, 0.25) is 5.02 Å². The van der Waals surface area contributed by atoms with Gasteiger partial charge in [-0.3, -0.25) is 4.79 Å². The third-order valence-electron chi connectivity index (χ3n) is 5.18. The third-order valence-corrected chi connectivity index (χ3v) is 5.51. The Morgan fingerprint density at radius 1 is 1.39 bits per heavy atom. The van der Waals surface area contributed by atoms with Crippen LogP contribution in [0.4, 0.5) is 13.2 Å². The van der Waals surface area contributed by atoms with Crippen molar-refractivity contribution in [3.63, 3.8) is 0 Å². The molecule has 0 radical (unpaired) electrons. The van der Waals surface area contributed by atoms with Gasteiger partial charge in [-0.2, -0.15) is 13.2 Å². The van der Waals surface area contributed by atoms with Crippen molar-refractivity contribution < 1.29 is 32.9 Å². The summed E-state index contributed by atoms with van der Waals surface area (Å²) in [5, 5.41) is 19.7. The molecule has 1 aromatic rings. The minimum atomic E-state index is -4.94. The van der Waals surface area contributed by atoms with E-state index in [1.54, 1.807) is 19.1 Å². The maximum absolute atomic E-state index is 14.1. The summed E-state index contributed by atoms with van der Waals surface area (Å²) in [6.07, 6.45) is -0.822. The number of aliphatic hydroxyl groups is 1. The van der Waals surface area contributed by atoms with E-state index in [0.717, 1.165) is 0 Å². The normalized spacial score (nSPS) is 24.0. The summed E-state index contributed by atoms with van der Waals surface area (Å²) in [5.41, 5.74) is -2.86. The van der Waals surface area contributed by atoms with Crippen molar-refractivity contribution in [2.75, 3.05) is 6.61 Å². The van der Waals surface area contributed by atoms with E-state index in [1.807, 2.05) is 0 Å². The molecule has 0 aliphatic heterocycles. The van der Waals surface area contributed by atoms with Gasteiger partial charge in [0.05, 0.1) is 6.61 Å². The number of alkyl halides is 3. The highest BCUT2D eigenvalue weighted by molar-refractivity contribution is 6.31. The number of halogens is 4. The third kappa shape index (κ3) is 3.53. The number of fused-ring (bicyclic) bond motifs is 1. The summed E-state index contributed by atoms with van der Waals surface area (Å²) in [7, 11) is 0. The highest BCUT2D eigenvalue weighted by atomic mass is 35.5. The topological polar surface area (TPSA) is 66.8 Å². The lowest BCUT2D eigenvalue weighted by molar-refractivity contribution is -0.253. The number of aliphatic carboxylic acids is 1. The molecule has 2 aliphatic rings. The Labute approximate surface area is 165 Å². The summed E-state index contributed by atoms with van der Waals surface area (Å²) in [6, 6.07) is 2.57. The quantitative estimate of drug-likeness (QED) is 0.678. The number of hydrogen-bond acceptors (Lipinski definition) is 3. The first-order valence-corrected chi connectivity index (χ1v) is 9.30. The van der Waals surface area contributed by atoms with Gasteiger partial charge in [0.1, 0.15) is 5.75 Å². The monoisotopic (exact) mass is 416 g/mol. The first-order valence-electron chi connectivity index (χ1n) is 8.92. The predicted molar refractivity (Wildman–Crippen MR) is 97.4 cm³/mol. The van der Waals surface area contributed by atoms with Crippen LogP contribution in [-0.2, 0) is 16.8 Å². The van der Waals surface area contributed by atoms with E-state index in [4.69, 9.17) is 21.4 Å². The zero-order valence-electron chi connectivity index (χ0n) is 15.1. The largest absolute Gasteiger partial charge is 0.494 e. The van der Waals surface area contributed by atoms with Crippen molar-refractivity contribution >= 4 is 17.6 Å². The highest BCUT2D eigenvalue weighted by Gasteiger charge is 2.61. The second-order valence-electron chi connectivity index (χ2n) is 7.14. The minimum Gasteiger partial charge on any atom is -0.494 e. The fourth-order valence-corrected chi connectivity index (χ4v) is 4.21. The Morgan fingerprint density at radius 3 is 2.75 bits per heavy atom. The molecule has 0 spiro atoms. The molecule has 2 unspecified atom stereocenters. The van der Waals surface area contributed by atoms with Crippen molar-refractivity contribution in [1.82, 2.24) is 0 Å². The fourth-order valence-electron chi connectivity index (χ4n) is 3.93. The van der Waals surface area contributed by atoms with Crippen molar-refractivity contribution in [1.29, 1.82) is 0 Å². The van der Waals surface area contributed by atoms with Crippen LogP contribution in [0.5, 0.6) is 5.75 Å². The van der Waals surface area contributed by atoms with Crippen molar-refractivity contribution in [3.8, 4) is 5.75 Å². The first kappa shape index (κ1) is 20.7. The summed E-state index contributed by atoms with van der Waals surface area (Å²) in [4.78, 5) is 10.6. The summed E-state index contributed by atoms with van der Waals surface area (Å²) in [6.45, 7) is 1.67. The van der Waals surface area contributed by atoms with Crippen LogP contribution in [0, 0.1) is 5.92 Å². The van der Waals surface area contributed by atoms with Gasteiger partial charge in [0.2, 0.25) is 5.60 Å². The zero-order valence-corrected chi connectivity index (χ0v) is 15.9. The molecule has 0 aromatic heterocycles. The Kier molecular flexibility index (Phi) is 5.51. The lowest BCUT2D eigenvalue weighted by atomic mass is 9.67. The molecule has 0 saturated heterocycles. The van der Waals surface area contributed by atoms with Crippen molar-refractivity contribution in [2.24, 2.45) is 5.92 Å². The molecule has 0 amide bonds. The Hall–Kier alpha value is -1.99. The average molecular weight is 417 g/mol. The SMILES string of the molecule is CC1CC=CC2=C1C(O)(C(F)(F)F)c1cc(OCCCC(=O)O)cc(Cl)c1C2. The number of hydrogen-bond donors (Lipinski definition) is 2. The molecule has 8 heteroatoms. The van der Waals surface area contributed by atoms with E-state index in [9.17, 15) is 23.1 Å². The molecule has 2 N–H and O–H groups in total. The number of carboxylic acids is 1. The summed E-state index contributed by atoms with van der Waals surface area (Å²) < 4.78 is 47.9. The lowest BCUT2D eigenvalue weighted by Gasteiger charge is -2.43. The number of carbonyl (C=O) groups is 1. The van der Waals surface area contributed by atoms with Gasteiger partial charge in [0.25, 0.3) is 0 Å². The minimum absolute atomic E-state index is 0.0128. The average Bonchev–Trinajstić information content (AvgIpc) is 2.59. The summed E-state index contributed by atoms with van der Waals surface area (Å²) >= 11 is 6.26. The Morgan fingerprint density at radius 2 is 2.11 bits per heavy atom. The second-order valence-corrected chi connectivity index (χ2v) is 7.55. The van der Waals surface area contributed by atoms with Crippen molar-refractivity contribution in [2.45, 2.75) is 44.4 Å². The van der Waals surface area contributed by atoms with Crippen LogP contribution in [0.15, 0.2) is 35.4 Å². The maximum Gasteiger partial charge on any atom is 0.425 e. The van der Waals surface area contributed by atoms with Gasteiger partial charge in [0, 0.05) is 17.0 Å². The van der Waals surface area contributed by atoms with Crippen LogP contribution in [0.25, 0.3) is 0 Å². The number of ether oxygens (including phenoxy) is 1. The van der Waals surface area contributed by atoms with E-state index in [0.29, 0.717) is 12.0 Å². The molecule has 2 aliphatic carbocycles. The van der Waals surface area contributed by atoms with Gasteiger partial charge in [-0.15, -0.1) is 0 Å². The standard InChI is InChI=1S/C20H20ClF3O4/c1-11-4-2-5-12-8-14-15(19(27,18(11)12)20(22,23)24)9-13(10-16(14)21)28-7-3-6-17(25)26/h2,5,9-11,27H,3-4,6-8H2,1H3,(H,25,26). The van der Waals surface area contributed by atoms with Crippen molar-refractivity contribution in [3.05, 3.63) is 51.6 Å². The summed E-state index contributed by atoms with van der Waals surface area (Å²) in [5.74, 6) is -1.39. The number of allylic oxidation sites excluding steroid dienone is 3. The lowest BCUT2D eigenvalue weighted by Crippen LogP contribution is -2.49. The molecule has 152 valence electrons. The fraction of sp³-hybridized carbons (Fsp3) is 0.450. The molecule has 3 rings (SSSR count). The van der Waals surface area contributed by atoms with E-state index >= 15 is 0 Å². The molecule has 0 bridgehead atoms. The number of rotatable bonds is 5. The van der Waals surface area contributed by atoms with Crippen LogP contribution in [0.3, 0.4) is 0 Å². The van der Waals surface area contributed by atoms with Crippen LogP contribution >= 0.6 is 11.6 Å². The molecular weight excluding hydrogens is 397 g/mol. The van der Waals surface area contributed by atoms with E-state index < -0.39 is 23.7 Å². The van der Waals surface area contributed by atoms with Gasteiger partial charge in [-0.05, 0) is 54.0 Å². The Balaban J connectivity index is 2.05. The van der Waals surface area contributed by atoms with E-state index in [2.05, 4.69) is 0 Å². The molecule has 0 heterocycles. The van der Waals surface area contributed by atoms with Gasteiger partial charge in [0.15, 0.2) is 0 Å². The molecular formula is C20H20ClF3O4. The molecule has 0 fully saturated rings. The number of benzene rings is 1. The van der Waals surface area contributed by atoms with Gasteiger partial charge in [-0.1, -0.05) is 30.7 Å². The molecule has 4 nitrogen and oxygen atoms in total. The molecule has 28 heavy (non-hydrogen) atoms. The zero-order chi connectivity index (χ0) is 20.7. The smallest absolute Gasteiger partial charge is 0.425 e. The first-order chi connectivity index (χ1) is 13.1. The van der Waals surface area contributed by atoms with E-state index in [-0.39, 0.29) is 53.3 Å². The second kappa shape index (κ2) is 7.44. The van der Waals surface area contributed by atoms with Gasteiger partial charge < -0.3 is 14.9 Å². The van der Waals surface area contributed by atoms with Crippen LogP contribution in [0.1, 0.15) is 37.3 Å². The maximum atomic E-state index is 14.1. The Bertz CT molecular complexity index is 860. The van der Waals surface area contributed by atoms with Gasteiger partial charge >= 0.3 is 12.1 Å². The molecule has 0 saturated carbocycles. The van der Waals surface area contributed by atoms with Crippen LogP contribution < -0.4 is 4.74 Å². The molecule has 2 atom stereocenters. The number of carboxylic acid groups (broad SMARTS) is 1. The van der Waals surface area contributed by atoms with Gasteiger partial charge in [-0.25, -0.2) is 0 Å². The van der Waals surface area contributed by atoms with Crippen LogP contribution in [-0.4, -0.2) is 29.0 Å².